The van der Waals surface area contributed by atoms with Crippen LogP contribution in [-0.4, -0.2) is 37.0 Å². The molecule has 0 aliphatic carbocycles. The summed E-state index contributed by atoms with van der Waals surface area (Å²) in [7, 11) is 2.78. The normalized spacial score (nSPS) is 11.8. The summed E-state index contributed by atoms with van der Waals surface area (Å²) in [6.45, 7) is 1.56. The van der Waals surface area contributed by atoms with Gasteiger partial charge in [0.2, 0.25) is 0 Å². The highest BCUT2D eigenvalue weighted by molar-refractivity contribution is 8.13. The van der Waals surface area contributed by atoms with Gasteiger partial charge in [-0.2, -0.15) is 0 Å². The first-order valence-corrected chi connectivity index (χ1v) is 8.25. The third-order valence-electron chi connectivity index (χ3n) is 3.21. The van der Waals surface area contributed by atoms with Crippen LogP contribution in [-0.2, 0) is 23.9 Å². The van der Waals surface area contributed by atoms with E-state index in [1.165, 1.54) is 26.0 Å². The molecule has 6 heteroatoms. The van der Waals surface area contributed by atoms with Gasteiger partial charge in [-0.25, -0.2) is 0 Å². The van der Waals surface area contributed by atoms with Crippen molar-refractivity contribution in [1.29, 1.82) is 0 Å². The van der Waals surface area contributed by atoms with Crippen LogP contribution in [0.4, 0.5) is 0 Å². The maximum atomic E-state index is 11.1. The van der Waals surface area contributed by atoms with Crippen molar-refractivity contribution in [3.8, 4) is 0 Å². The lowest BCUT2D eigenvalue weighted by Gasteiger charge is -2.15. The molecule has 122 valence electrons. The Hall–Kier alpha value is -1.04. The number of hydrogen-bond donors (Lipinski definition) is 0. The molecule has 1 atom stereocenters. The van der Waals surface area contributed by atoms with Crippen LogP contribution in [0, 0.1) is 5.92 Å². The third kappa shape index (κ3) is 12.4. The highest BCUT2D eigenvalue weighted by Crippen LogP contribution is 2.22. The number of rotatable bonds is 11. The Morgan fingerprint density at radius 3 is 1.95 bits per heavy atom. The molecular weight excluding hydrogens is 292 g/mol. The maximum absolute atomic E-state index is 11.1. The summed E-state index contributed by atoms with van der Waals surface area (Å²) in [5.41, 5.74) is 0. The fraction of sp³-hybridized carbons (Fsp3) is 0.800. The summed E-state index contributed by atoms with van der Waals surface area (Å²) in [5.74, 6) is 0.782. The molecule has 21 heavy (non-hydrogen) atoms. The lowest BCUT2D eigenvalue weighted by atomic mass is 9.97. The number of hydrogen-bond acceptors (Lipinski definition) is 6. The van der Waals surface area contributed by atoms with Crippen LogP contribution in [0.25, 0.3) is 0 Å². The van der Waals surface area contributed by atoms with E-state index in [2.05, 4.69) is 9.47 Å². The van der Waals surface area contributed by atoms with Crippen molar-refractivity contribution in [2.75, 3.05) is 20.0 Å². The molecule has 0 rings (SSSR count). The average molecular weight is 318 g/mol. The Bertz CT molecular complexity index is 330. The highest BCUT2D eigenvalue weighted by atomic mass is 32.2. The molecule has 0 saturated carbocycles. The van der Waals surface area contributed by atoms with E-state index in [4.69, 9.17) is 0 Å². The molecule has 0 radical (unpaired) electrons. The third-order valence-corrected chi connectivity index (χ3v) is 4.26. The largest absolute Gasteiger partial charge is 0.469 e. The minimum atomic E-state index is -0.196. The first-order chi connectivity index (χ1) is 9.99. The molecule has 0 amide bonds. The zero-order chi connectivity index (χ0) is 16.1. The monoisotopic (exact) mass is 318 g/mol. The molecule has 5 nitrogen and oxygen atoms in total. The van der Waals surface area contributed by atoms with Gasteiger partial charge in [0, 0.05) is 25.5 Å². The first kappa shape index (κ1) is 20.0. The maximum Gasteiger partial charge on any atom is 0.305 e. The molecule has 0 heterocycles. The molecule has 0 unspecified atom stereocenters. The smallest absolute Gasteiger partial charge is 0.305 e. The van der Waals surface area contributed by atoms with Gasteiger partial charge < -0.3 is 9.47 Å². The molecule has 0 aromatic rings. The molecule has 0 aliphatic rings. The Labute approximate surface area is 131 Å². The molecule has 0 saturated heterocycles. The highest BCUT2D eigenvalue weighted by Gasteiger charge is 2.12. The van der Waals surface area contributed by atoms with Crippen LogP contribution in [0.3, 0.4) is 0 Å². The fourth-order valence-corrected chi connectivity index (χ4v) is 2.79. The average Bonchev–Trinajstić information content (AvgIpc) is 2.47. The van der Waals surface area contributed by atoms with Gasteiger partial charge in [-0.3, -0.25) is 14.4 Å². The first-order valence-electron chi connectivity index (χ1n) is 7.26. The summed E-state index contributed by atoms with van der Waals surface area (Å²) in [5, 5.41) is 0.113. The van der Waals surface area contributed by atoms with Gasteiger partial charge in [0.25, 0.3) is 0 Å². The van der Waals surface area contributed by atoms with Gasteiger partial charge in [-0.15, -0.1) is 0 Å². The van der Waals surface area contributed by atoms with Crippen molar-refractivity contribution in [3.63, 3.8) is 0 Å². The van der Waals surface area contributed by atoms with E-state index in [1.807, 2.05) is 0 Å². The zero-order valence-corrected chi connectivity index (χ0v) is 14.0. The molecule has 0 fully saturated rings. The van der Waals surface area contributed by atoms with Crippen molar-refractivity contribution < 1.29 is 23.9 Å². The van der Waals surface area contributed by atoms with Crippen LogP contribution < -0.4 is 0 Å². The van der Waals surface area contributed by atoms with Crippen LogP contribution in [0.15, 0.2) is 0 Å². The second-order valence-electron chi connectivity index (χ2n) is 4.96. The predicted octanol–water partition coefficient (Wildman–Crippen LogP) is 2.96. The topological polar surface area (TPSA) is 69.7 Å². The van der Waals surface area contributed by atoms with Gasteiger partial charge in [-0.05, 0) is 31.6 Å². The number of ether oxygens (including phenoxy) is 2. The number of unbranched alkanes of at least 4 members (excludes halogenated alkanes) is 1. The van der Waals surface area contributed by atoms with E-state index in [0.717, 1.165) is 37.9 Å². The van der Waals surface area contributed by atoms with E-state index >= 15 is 0 Å². The molecule has 0 bridgehead atoms. The predicted molar refractivity (Wildman–Crippen MR) is 83.0 cm³/mol. The van der Waals surface area contributed by atoms with E-state index in [1.54, 1.807) is 6.92 Å². The Morgan fingerprint density at radius 2 is 1.43 bits per heavy atom. The van der Waals surface area contributed by atoms with Crippen molar-refractivity contribution in [2.24, 2.45) is 5.92 Å². The van der Waals surface area contributed by atoms with Crippen molar-refractivity contribution in [3.05, 3.63) is 0 Å². The van der Waals surface area contributed by atoms with Gasteiger partial charge in [0.1, 0.15) is 0 Å². The minimum Gasteiger partial charge on any atom is -0.469 e. The molecular formula is C15H26O5S. The molecule has 0 aromatic heterocycles. The van der Waals surface area contributed by atoms with Crippen molar-refractivity contribution in [2.45, 2.75) is 51.9 Å². The second kappa shape index (κ2) is 12.7. The summed E-state index contributed by atoms with van der Waals surface area (Å²) < 4.78 is 9.22. The quantitative estimate of drug-likeness (QED) is 0.431. The zero-order valence-electron chi connectivity index (χ0n) is 13.2. The second-order valence-corrected chi connectivity index (χ2v) is 6.16. The summed E-state index contributed by atoms with van der Waals surface area (Å²) >= 11 is 1.33. The van der Waals surface area contributed by atoms with Crippen LogP contribution in [0.2, 0.25) is 0 Å². The van der Waals surface area contributed by atoms with E-state index in [0.29, 0.717) is 18.8 Å². The van der Waals surface area contributed by atoms with Gasteiger partial charge in [0.05, 0.1) is 14.2 Å². The molecule has 0 spiro atoms. The number of esters is 2. The fourth-order valence-electron chi connectivity index (χ4n) is 1.99. The number of thioether (sulfide) groups is 1. The van der Waals surface area contributed by atoms with Gasteiger partial charge in [0.15, 0.2) is 5.12 Å². The lowest BCUT2D eigenvalue weighted by molar-refractivity contribution is -0.141. The minimum absolute atomic E-state index is 0.113. The number of methoxy groups -OCH3 is 2. The van der Waals surface area contributed by atoms with E-state index < -0.39 is 0 Å². The summed E-state index contributed by atoms with van der Waals surface area (Å²) in [4.78, 5) is 33.2. The molecule has 0 aliphatic heterocycles. The van der Waals surface area contributed by atoms with E-state index in [-0.39, 0.29) is 17.1 Å². The van der Waals surface area contributed by atoms with Gasteiger partial charge >= 0.3 is 11.9 Å². The standard InChI is InChI=1S/C15H26O5S/c1-12(16)21-11-13(8-6-10-15(18)20-3)7-4-5-9-14(17)19-2/h13H,4-11H2,1-3H3/t13-/m0/s1. The lowest BCUT2D eigenvalue weighted by Crippen LogP contribution is -2.08. The summed E-state index contributed by atoms with van der Waals surface area (Å²) in [6, 6.07) is 0. The van der Waals surface area contributed by atoms with E-state index in [9.17, 15) is 14.4 Å². The Morgan fingerprint density at radius 1 is 0.905 bits per heavy atom. The van der Waals surface area contributed by atoms with Crippen LogP contribution in [0.5, 0.6) is 0 Å². The SMILES string of the molecule is COC(=O)CCCC[C@@H](CCCC(=O)OC)CSC(C)=O. The Kier molecular flexibility index (Phi) is 12.1. The molecule has 0 N–H and O–H groups in total. The van der Waals surface area contributed by atoms with Crippen molar-refractivity contribution >= 4 is 28.8 Å². The van der Waals surface area contributed by atoms with Crippen LogP contribution >= 0.6 is 11.8 Å². The van der Waals surface area contributed by atoms with Crippen LogP contribution in [0.1, 0.15) is 51.9 Å². The Balaban J connectivity index is 3.98. The van der Waals surface area contributed by atoms with Gasteiger partial charge in [-0.1, -0.05) is 18.2 Å². The molecule has 0 aromatic carbocycles. The number of carbonyl (C=O) groups excluding carboxylic acids is 3. The number of carbonyl (C=O) groups is 3. The summed E-state index contributed by atoms with van der Waals surface area (Å²) in [6.07, 6.45) is 5.20. The van der Waals surface area contributed by atoms with Crippen molar-refractivity contribution in [1.82, 2.24) is 0 Å².